The molecule has 0 spiro atoms. The number of hydrogen-bond donors (Lipinski definition) is 1. The van der Waals surface area contributed by atoms with Crippen molar-refractivity contribution in [1.82, 2.24) is 4.98 Å². The summed E-state index contributed by atoms with van der Waals surface area (Å²) in [6, 6.07) is 13.7. The molecular weight excluding hydrogens is 421 g/mol. The number of aromatic amines is 1. The third-order valence-electron chi connectivity index (χ3n) is 5.34. The van der Waals surface area contributed by atoms with E-state index in [1.54, 1.807) is 36.4 Å². The fourth-order valence-corrected chi connectivity index (χ4v) is 3.69. The quantitative estimate of drug-likeness (QED) is 0.407. The van der Waals surface area contributed by atoms with Gasteiger partial charge in [-0.05, 0) is 52.8 Å². The summed E-state index contributed by atoms with van der Waals surface area (Å²) < 4.78 is 25.3. The standard InChI is InChI=1S/C27H30FNO4/c1-5-8-24-20(15-25(29-24)27(31)32-4)13-19-12-11-18(14-23(19)28)21-9-6-7-10-22(21)26(30)33-16-17(2)3/h6-7,9-12,14-15,17,29H,5,8,13,16H2,1-4H3. The molecule has 0 aliphatic carbocycles. The lowest BCUT2D eigenvalue weighted by Crippen LogP contribution is -2.11. The third kappa shape index (κ3) is 5.89. The molecule has 0 amide bonds. The van der Waals surface area contributed by atoms with E-state index in [0.29, 0.717) is 41.0 Å². The summed E-state index contributed by atoms with van der Waals surface area (Å²) in [6.45, 7) is 6.31. The van der Waals surface area contributed by atoms with E-state index in [1.807, 2.05) is 26.8 Å². The van der Waals surface area contributed by atoms with Crippen LogP contribution in [0.3, 0.4) is 0 Å². The second-order valence-electron chi connectivity index (χ2n) is 8.45. The molecule has 0 radical (unpaired) electrons. The molecule has 174 valence electrons. The van der Waals surface area contributed by atoms with Gasteiger partial charge in [-0.25, -0.2) is 14.0 Å². The molecule has 0 unspecified atom stereocenters. The molecular formula is C27H30FNO4. The summed E-state index contributed by atoms with van der Waals surface area (Å²) in [5.41, 5.74) is 4.27. The van der Waals surface area contributed by atoms with Crippen LogP contribution >= 0.6 is 0 Å². The largest absolute Gasteiger partial charge is 0.464 e. The van der Waals surface area contributed by atoms with Crippen molar-refractivity contribution in [3.8, 4) is 11.1 Å². The van der Waals surface area contributed by atoms with Crippen LogP contribution in [0.15, 0.2) is 48.5 Å². The lowest BCUT2D eigenvalue weighted by molar-refractivity contribution is 0.0459. The van der Waals surface area contributed by atoms with Gasteiger partial charge in [0.05, 0.1) is 19.3 Å². The van der Waals surface area contributed by atoms with Gasteiger partial charge in [-0.1, -0.05) is 57.5 Å². The molecule has 33 heavy (non-hydrogen) atoms. The Morgan fingerprint density at radius 1 is 1.03 bits per heavy atom. The predicted octanol–water partition coefficient (Wildman–Crippen LogP) is 5.96. The van der Waals surface area contributed by atoms with Crippen LogP contribution in [0.1, 0.15) is 64.9 Å². The van der Waals surface area contributed by atoms with Crippen LogP contribution in [-0.4, -0.2) is 30.6 Å². The van der Waals surface area contributed by atoms with Crippen molar-refractivity contribution >= 4 is 11.9 Å². The number of H-pyrrole nitrogens is 1. The van der Waals surface area contributed by atoms with E-state index in [9.17, 15) is 9.59 Å². The maximum Gasteiger partial charge on any atom is 0.354 e. The molecule has 5 nitrogen and oxygen atoms in total. The zero-order valence-corrected chi connectivity index (χ0v) is 19.5. The highest BCUT2D eigenvalue weighted by atomic mass is 19.1. The molecule has 2 aromatic carbocycles. The summed E-state index contributed by atoms with van der Waals surface area (Å²) in [4.78, 5) is 27.6. The molecule has 0 fully saturated rings. The van der Waals surface area contributed by atoms with E-state index in [4.69, 9.17) is 9.47 Å². The Morgan fingerprint density at radius 3 is 2.45 bits per heavy atom. The van der Waals surface area contributed by atoms with Gasteiger partial charge in [-0.15, -0.1) is 0 Å². The molecule has 0 aliphatic rings. The average Bonchev–Trinajstić information content (AvgIpc) is 3.20. The van der Waals surface area contributed by atoms with E-state index < -0.39 is 11.9 Å². The van der Waals surface area contributed by atoms with E-state index in [0.717, 1.165) is 24.1 Å². The van der Waals surface area contributed by atoms with Crippen molar-refractivity contribution in [2.24, 2.45) is 5.92 Å². The Labute approximate surface area is 193 Å². The van der Waals surface area contributed by atoms with Crippen molar-refractivity contribution in [3.63, 3.8) is 0 Å². The molecule has 0 saturated carbocycles. The number of carbonyl (C=O) groups is 2. The first-order valence-electron chi connectivity index (χ1n) is 11.2. The Balaban J connectivity index is 1.89. The first-order valence-corrected chi connectivity index (χ1v) is 11.2. The summed E-state index contributed by atoms with van der Waals surface area (Å²) in [7, 11) is 1.33. The first kappa shape index (κ1) is 24.2. The number of halogens is 1. The van der Waals surface area contributed by atoms with Crippen LogP contribution in [0.5, 0.6) is 0 Å². The maximum absolute atomic E-state index is 15.1. The maximum atomic E-state index is 15.1. The molecule has 0 saturated heterocycles. The minimum absolute atomic E-state index is 0.226. The van der Waals surface area contributed by atoms with Crippen LogP contribution in [0.4, 0.5) is 4.39 Å². The normalized spacial score (nSPS) is 11.0. The molecule has 1 N–H and O–H groups in total. The summed E-state index contributed by atoms with van der Waals surface area (Å²) in [6.07, 6.45) is 1.98. The van der Waals surface area contributed by atoms with Crippen molar-refractivity contribution in [2.75, 3.05) is 13.7 Å². The molecule has 3 rings (SSSR count). The number of rotatable bonds is 9. The van der Waals surface area contributed by atoms with Gasteiger partial charge in [0.15, 0.2) is 0 Å². The number of methoxy groups -OCH3 is 1. The van der Waals surface area contributed by atoms with Gasteiger partial charge in [0.25, 0.3) is 0 Å². The van der Waals surface area contributed by atoms with Crippen LogP contribution < -0.4 is 0 Å². The zero-order chi connectivity index (χ0) is 24.0. The monoisotopic (exact) mass is 451 g/mol. The van der Waals surface area contributed by atoms with Crippen LogP contribution in [0.2, 0.25) is 0 Å². The van der Waals surface area contributed by atoms with Crippen LogP contribution in [-0.2, 0) is 22.3 Å². The number of aryl methyl sites for hydroxylation is 1. The molecule has 6 heteroatoms. The van der Waals surface area contributed by atoms with Crippen molar-refractivity contribution in [3.05, 3.63) is 82.4 Å². The predicted molar refractivity (Wildman–Crippen MR) is 126 cm³/mol. The average molecular weight is 452 g/mol. The van der Waals surface area contributed by atoms with Gasteiger partial charge < -0.3 is 14.5 Å². The lowest BCUT2D eigenvalue weighted by atomic mass is 9.96. The van der Waals surface area contributed by atoms with Gasteiger partial charge in [-0.2, -0.15) is 0 Å². The number of aromatic nitrogens is 1. The van der Waals surface area contributed by atoms with Gasteiger partial charge >= 0.3 is 11.9 Å². The first-order chi connectivity index (χ1) is 15.8. The highest BCUT2D eigenvalue weighted by Gasteiger charge is 2.18. The Hall–Kier alpha value is -3.41. The number of carbonyl (C=O) groups excluding carboxylic acids is 2. The van der Waals surface area contributed by atoms with Gasteiger partial charge in [0.2, 0.25) is 0 Å². The SMILES string of the molecule is CCCc1[nH]c(C(=O)OC)cc1Cc1ccc(-c2ccccc2C(=O)OCC(C)C)cc1F. The van der Waals surface area contributed by atoms with E-state index >= 15 is 4.39 Å². The highest BCUT2D eigenvalue weighted by Crippen LogP contribution is 2.28. The number of hydrogen-bond acceptors (Lipinski definition) is 4. The van der Waals surface area contributed by atoms with Crippen LogP contribution in [0, 0.1) is 11.7 Å². The summed E-state index contributed by atoms with van der Waals surface area (Å²) >= 11 is 0. The van der Waals surface area contributed by atoms with Crippen molar-refractivity contribution in [1.29, 1.82) is 0 Å². The van der Waals surface area contributed by atoms with E-state index in [-0.39, 0.29) is 11.7 Å². The minimum atomic E-state index is -0.449. The summed E-state index contributed by atoms with van der Waals surface area (Å²) in [5.74, 6) is -1.02. The fourth-order valence-electron chi connectivity index (χ4n) is 3.69. The van der Waals surface area contributed by atoms with Crippen molar-refractivity contribution < 1.29 is 23.5 Å². The molecule has 0 bridgehead atoms. The van der Waals surface area contributed by atoms with Crippen molar-refractivity contribution in [2.45, 2.75) is 40.0 Å². The summed E-state index contributed by atoms with van der Waals surface area (Å²) in [5, 5.41) is 0. The number of esters is 2. The lowest BCUT2D eigenvalue weighted by Gasteiger charge is -2.12. The number of ether oxygens (including phenoxy) is 2. The molecule has 1 aromatic heterocycles. The Morgan fingerprint density at radius 2 is 1.79 bits per heavy atom. The Bertz CT molecular complexity index is 1130. The second kappa shape index (κ2) is 10.9. The van der Waals surface area contributed by atoms with Crippen LogP contribution in [0.25, 0.3) is 11.1 Å². The van der Waals surface area contributed by atoms with Gasteiger partial charge in [-0.3, -0.25) is 0 Å². The fraction of sp³-hybridized carbons (Fsp3) is 0.333. The molecule has 3 aromatic rings. The number of benzene rings is 2. The van der Waals surface area contributed by atoms with Gasteiger partial charge in [0, 0.05) is 12.1 Å². The molecule has 1 heterocycles. The smallest absolute Gasteiger partial charge is 0.354 e. The second-order valence-corrected chi connectivity index (χ2v) is 8.45. The highest BCUT2D eigenvalue weighted by molar-refractivity contribution is 5.97. The molecule has 0 atom stereocenters. The Kier molecular flexibility index (Phi) is 8.04. The van der Waals surface area contributed by atoms with E-state index in [1.165, 1.54) is 13.2 Å². The number of nitrogens with one attached hydrogen (secondary N) is 1. The molecule has 0 aliphatic heterocycles. The topological polar surface area (TPSA) is 68.4 Å². The third-order valence-corrected chi connectivity index (χ3v) is 5.34. The zero-order valence-electron chi connectivity index (χ0n) is 19.5. The minimum Gasteiger partial charge on any atom is -0.464 e. The van der Waals surface area contributed by atoms with Gasteiger partial charge in [0.1, 0.15) is 11.5 Å². The van der Waals surface area contributed by atoms with E-state index in [2.05, 4.69) is 4.98 Å².